The van der Waals surface area contributed by atoms with E-state index in [2.05, 4.69) is 0 Å². The van der Waals surface area contributed by atoms with Crippen molar-refractivity contribution in [3.8, 4) is 17.2 Å². The smallest absolute Gasteiger partial charge is 0.211 e. The zero-order valence-electron chi connectivity index (χ0n) is 10.2. The Kier molecular flexibility index (Phi) is 2.87. The standard InChI is InChI=1S/C12H16FNO3/c1-15-8-6-7(12(14)4-5-12)10(16-2)9(13)11(8)17-3/h6H,4-5,14H2,1-3H3. The molecule has 0 radical (unpaired) electrons. The normalized spacial score (nSPS) is 16.5. The van der Waals surface area contributed by atoms with Crippen LogP contribution >= 0.6 is 0 Å². The number of halogens is 1. The Bertz CT molecular complexity index is 444. The summed E-state index contributed by atoms with van der Waals surface area (Å²) in [6.07, 6.45) is 1.64. The van der Waals surface area contributed by atoms with Gasteiger partial charge in [-0.15, -0.1) is 0 Å². The first kappa shape index (κ1) is 12.0. The fourth-order valence-electron chi connectivity index (χ4n) is 1.91. The second-order valence-corrected chi connectivity index (χ2v) is 4.16. The predicted octanol–water partition coefficient (Wildman–Crippen LogP) is 1.80. The lowest BCUT2D eigenvalue weighted by Crippen LogP contribution is -2.20. The van der Waals surface area contributed by atoms with Crippen molar-refractivity contribution in [2.75, 3.05) is 21.3 Å². The van der Waals surface area contributed by atoms with E-state index in [9.17, 15) is 4.39 Å². The molecule has 0 atom stereocenters. The van der Waals surface area contributed by atoms with Gasteiger partial charge in [-0.3, -0.25) is 0 Å². The molecule has 1 aliphatic rings. The minimum Gasteiger partial charge on any atom is -0.493 e. The van der Waals surface area contributed by atoms with Gasteiger partial charge in [0.05, 0.1) is 21.3 Å². The SMILES string of the molecule is COc1cc(C2(N)CC2)c(OC)c(F)c1OC. The van der Waals surface area contributed by atoms with Gasteiger partial charge in [-0.2, -0.15) is 4.39 Å². The average Bonchev–Trinajstić information content (AvgIpc) is 3.07. The Hall–Kier alpha value is -1.49. The Balaban J connectivity index is 2.63. The zero-order chi connectivity index (χ0) is 12.6. The van der Waals surface area contributed by atoms with Crippen molar-refractivity contribution in [3.63, 3.8) is 0 Å². The van der Waals surface area contributed by atoms with Crippen LogP contribution in [0.3, 0.4) is 0 Å². The number of hydrogen-bond acceptors (Lipinski definition) is 4. The summed E-state index contributed by atoms with van der Waals surface area (Å²) in [5, 5.41) is 0. The summed E-state index contributed by atoms with van der Waals surface area (Å²) in [6.45, 7) is 0. The molecule has 4 nitrogen and oxygen atoms in total. The summed E-state index contributed by atoms with van der Waals surface area (Å²) >= 11 is 0. The van der Waals surface area contributed by atoms with Crippen LogP contribution in [0.25, 0.3) is 0 Å². The van der Waals surface area contributed by atoms with Crippen LogP contribution < -0.4 is 19.9 Å². The van der Waals surface area contributed by atoms with Crippen molar-refractivity contribution in [2.24, 2.45) is 5.73 Å². The largest absolute Gasteiger partial charge is 0.493 e. The third kappa shape index (κ3) is 1.80. The molecule has 2 rings (SSSR count). The fourth-order valence-corrected chi connectivity index (χ4v) is 1.91. The second kappa shape index (κ2) is 4.07. The summed E-state index contributed by atoms with van der Waals surface area (Å²) in [5.74, 6) is -0.0569. The van der Waals surface area contributed by atoms with Crippen molar-refractivity contribution in [1.29, 1.82) is 0 Å². The summed E-state index contributed by atoms with van der Waals surface area (Å²) < 4.78 is 29.3. The Labute approximate surface area is 99.5 Å². The molecule has 1 saturated carbocycles. The van der Waals surface area contributed by atoms with Gasteiger partial charge in [0.25, 0.3) is 0 Å². The van der Waals surface area contributed by atoms with Crippen LogP contribution in [0.4, 0.5) is 4.39 Å². The monoisotopic (exact) mass is 241 g/mol. The molecule has 1 fully saturated rings. The Morgan fingerprint density at radius 3 is 2.12 bits per heavy atom. The van der Waals surface area contributed by atoms with Crippen molar-refractivity contribution in [2.45, 2.75) is 18.4 Å². The van der Waals surface area contributed by atoms with Gasteiger partial charge in [0, 0.05) is 11.1 Å². The average molecular weight is 241 g/mol. The van der Waals surface area contributed by atoms with Gasteiger partial charge in [-0.05, 0) is 18.9 Å². The van der Waals surface area contributed by atoms with E-state index in [1.54, 1.807) is 6.07 Å². The molecular formula is C12H16FNO3. The van der Waals surface area contributed by atoms with Crippen LogP contribution in [0, 0.1) is 5.82 Å². The quantitative estimate of drug-likeness (QED) is 0.873. The van der Waals surface area contributed by atoms with E-state index in [0.29, 0.717) is 11.3 Å². The van der Waals surface area contributed by atoms with E-state index in [1.165, 1.54) is 21.3 Å². The van der Waals surface area contributed by atoms with Gasteiger partial charge in [-0.1, -0.05) is 0 Å². The molecule has 5 heteroatoms. The highest BCUT2D eigenvalue weighted by Crippen LogP contribution is 2.50. The van der Waals surface area contributed by atoms with E-state index < -0.39 is 11.4 Å². The number of methoxy groups -OCH3 is 3. The van der Waals surface area contributed by atoms with Crippen LogP contribution in [0.5, 0.6) is 17.2 Å². The Morgan fingerprint density at radius 2 is 1.71 bits per heavy atom. The van der Waals surface area contributed by atoms with Gasteiger partial charge in [0.2, 0.25) is 11.6 Å². The van der Waals surface area contributed by atoms with Crippen molar-refractivity contribution in [3.05, 3.63) is 17.4 Å². The summed E-state index contributed by atoms with van der Waals surface area (Å²) in [6, 6.07) is 1.69. The molecule has 94 valence electrons. The van der Waals surface area contributed by atoms with Crippen molar-refractivity contribution in [1.82, 2.24) is 0 Å². The minimum atomic E-state index is -0.568. The Morgan fingerprint density at radius 1 is 1.12 bits per heavy atom. The summed E-state index contributed by atoms with van der Waals surface area (Å²) in [5.41, 5.74) is 6.23. The molecule has 0 aromatic heterocycles. The number of nitrogens with two attached hydrogens (primary N) is 1. The second-order valence-electron chi connectivity index (χ2n) is 4.16. The molecule has 0 bridgehead atoms. The highest BCUT2D eigenvalue weighted by molar-refractivity contribution is 5.55. The van der Waals surface area contributed by atoms with Gasteiger partial charge in [0.1, 0.15) is 0 Å². The molecule has 0 unspecified atom stereocenters. The maximum absolute atomic E-state index is 14.2. The lowest BCUT2D eigenvalue weighted by Gasteiger charge is -2.18. The molecule has 0 aliphatic heterocycles. The predicted molar refractivity (Wildman–Crippen MR) is 61.2 cm³/mol. The van der Waals surface area contributed by atoms with Gasteiger partial charge in [-0.25, -0.2) is 0 Å². The van der Waals surface area contributed by atoms with Crippen molar-refractivity contribution < 1.29 is 18.6 Å². The molecule has 0 spiro atoms. The maximum Gasteiger partial charge on any atom is 0.211 e. The molecule has 1 aliphatic carbocycles. The summed E-state index contributed by atoms with van der Waals surface area (Å²) in [4.78, 5) is 0. The number of hydrogen-bond donors (Lipinski definition) is 1. The fraction of sp³-hybridized carbons (Fsp3) is 0.500. The first-order valence-corrected chi connectivity index (χ1v) is 5.35. The van der Waals surface area contributed by atoms with Crippen molar-refractivity contribution >= 4 is 0 Å². The molecule has 0 amide bonds. The first-order chi connectivity index (χ1) is 8.07. The van der Waals surface area contributed by atoms with Crippen LogP contribution in [0.15, 0.2) is 6.07 Å². The molecule has 1 aromatic carbocycles. The molecular weight excluding hydrogens is 225 g/mol. The highest BCUT2D eigenvalue weighted by atomic mass is 19.1. The lowest BCUT2D eigenvalue weighted by atomic mass is 10.0. The summed E-state index contributed by atoms with van der Waals surface area (Å²) in [7, 11) is 4.26. The van der Waals surface area contributed by atoms with Gasteiger partial charge in [0.15, 0.2) is 11.5 Å². The number of rotatable bonds is 4. The lowest BCUT2D eigenvalue weighted by molar-refractivity contribution is 0.316. The maximum atomic E-state index is 14.2. The van der Waals surface area contributed by atoms with Crippen LogP contribution in [0.1, 0.15) is 18.4 Å². The number of benzene rings is 1. The third-order valence-corrected chi connectivity index (χ3v) is 3.10. The number of ether oxygens (including phenoxy) is 3. The molecule has 0 heterocycles. The molecule has 1 aromatic rings. The van der Waals surface area contributed by atoms with E-state index >= 15 is 0 Å². The third-order valence-electron chi connectivity index (χ3n) is 3.10. The van der Waals surface area contributed by atoms with E-state index in [1.807, 2.05) is 0 Å². The molecule has 2 N–H and O–H groups in total. The topological polar surface area (TPSA) is 53.7 Å². The van der Waals surface area contributed by atoms with Crippen LogP contribution in [-0.2, 0) is 5.54 Å². The molecule has 17 heavy (non-hydrogen) atoms. The van der Waals surface area contributed by atoms with E-state index in [0.717, 1.165) is 12.8 Å². The zero-order valence-corrected chi connectivity index (χ0v) is 10.2. The van der Waals surface area contributed by atoms with Crippen LogP contribution in [-0.4, -0.2) is 21.3 Å². The van der Waals surface area contributed by atoms with Gasteiger partial charge >= 0.3 is 0 Å². The highest BCUT2D eigenvalue weighted by Gasteiger charge is 2.44. The minimum absolute atomic E-state index is 0.0392. The first-order valence-electron chi connectivity index (χ1n) is 5.35. The van der Waals surface area contributed by atoms with E-state index in [-0.39, 0.29) is 11.5 Å². The van der Waals surface area contributed by atoms with E-state index in [4.69, 9.17) is 19.9 Å². The van der Waals surface area contributed by atoms with Gasteiger partial charge < -0.3 is 19.9 Å². The molecule has 0 saturated heterocycles. The van der Waals surface area contributed by atoms with Crippen LogP contribution in [0.2, 0.25) is 0 Å².